The monoisotopic (exact) mass is 474 g/mol. The lowest BCUT2D eigenvalue weighted by Gasteiger charge is -2.19. The zero-order valence-electron chi connectivity index (χ0n) is 18.5. The molecule has 1 atom stereocenters. The van der Waals surface area contributed by atoms with Gasteiger partial charge in [-0.15, -0.1) is 0 Å². The van der Waals surface area contributed by atoms with Crippen molar-refractivity contribution in [2.24, 2.45) is 0 Å². The number of benzene rings is 2. The van der Waals surface area contributed by atoms with Gasteiger partial charge in [-0.2, -0.15) is 17.6 Å². The lowest BCUT2D eigenvalue weighted by molar-refractivity contribution is -0.208. The van der Waals surface area contributed by atoms with Crippen molar-refractivity contribution in [3.63, 3.8) is 0 Å². The average molecular weight is 474 g/mol. The van der Waals surface area contributed by atoms with E-state index >= 15 is 0 Å². The van der Waals surface area contributed by atoms with E-state index in [1.54, 1.807) is 24.3 Å². The zero-order valence-corrected chi connectivity index (χ0v) is 18.5. The molecule has 1 unspecified atom stereocenters. The number of carbonyl (C=O) groups excluding carboxylic acids is 1. The number of hydrogen-bond acceptors (Lipinski definition) is 4. The second-order valence-electron chi connectivity index (χ2n) is 7.46. The Labute approximate surface area is 189 Å². The summed E-state index contributed by atoms with van der Waals surface area (Å²) in [5, 5.41) is 0. The van der Waals surface area contributed by atoms with Gasteiger partial charge < -0.3 is 14.2 Å². The second-order valence-corrected chi connectivity index (χ2v) is 7.46. The van der Waals surface area contributed by atoms with E-state index in [-0.39, 0.29) is 12.0 Å². The van der Waals surface area contributed by atoms with Crippen molar-refractivity contribution < 1.29 is 41.0 Å². The summed E-state index contributed by atoms with van der Waals surface area (Å²) in [7, 11) is 0. The molecule has 33 heavy (non-hydrogen) atoms. The van der Waals surface area contributed by atoms with Gasteiger partial charge in [-0.25, -0.2) is 9.18 Å². The molecule has 0 heterocycles. The molecule has 0 aliphatic rings. The Morgan fingerprint density at radius 3 is 2.21 bits per heavy atom. The van der Waals surface area contributed by atoms with E-state index in [1.165, 1.54) is 6.92 Å². The molecule has 0 aliphatic carbocycles. The van der Waals surface area contributed by atoms with Crippen molar-refractivity contribution in [2.75, 3.05) is 6.61 Å². The number of alkyl halides is 3. The molecule has 2 rings (SSSR count). The van der Waals surface area contributed by atoms with Crippen molar-refractivity contribution in [1.82, 2.24) is 0 Å². The predicted molar refractivity (Wildman–Crippen MR) is 113 cm³/mol. The molecule has 0 saturated heterocycles. The summed E-state index contributed by atoms with van der Waals surface area (Å²) < 4.78 is 81.9. The molecule has 0 fully saturated rings. The Hall–Kier alpha value is -2.84. The highest BCUT2D eigenvalue weighted by atomic mass is 19.4. The standard InChI is InChI=1S/C24H27F5O4/c1-3-5-6-7-15-31-17-11-9-16(10-12-17)18-13-14-19(22(26)21(18)25)32-23(30)33-20(8-4-2)24(27,28)29/h9-14,20H,3-8,15H2,1-2H3. The third-order valence-corrected chi connectivity index (χ3v) is 4.83. The fourth-order valence-electron chi connectivity index (χ4n) is 3.06. The fourth-order valence-corrected chi connectivity index (χ4v) is 3.06. The van der Waals surface area contributed by atoms with Crippen LogP contribution in [0.1, 0.15) is 52.4 Å². The molecule has 9 heteroatoms. The highest BCUT2D eigenvalue weighted by molar-refractivity contribution is 5.68. The molecule has 0 saturated carbocycles. The number of halogens is 5. The van der Waals surface area contributed by atoms with Gasteiger partial charge in [0, 0.05) is 5.56 Å². The van der Waals surface area contributed by atoms with Crippen LogP contribution >= 0.6 is 0 Å². The minimum atomic E-state index is -4.80. The maximum absolute atomic E-state index is 14.6. The molecule has 0 spiro atoms. The van der Waals surface area contributed by atoms with Gasteiger partial charge in [0.15, 0.2) is 11.6 Å². The maximum Gasteiger partial charge on any atom is 0.514 e. The molecule has 2 aromatic carbocycles. The third-order valence-electron chi connectivity index (χ3n) is 4.83. The van der Waals surface area contributed by atoms with Crippen LogP contribution in [0, 0.1) is 11.6 Å². The van der Waals surface area contributed by atoms with E-state index in [0.29, 0.717) is 17.9 Å². The predicted octanol–water partition coefficient (Wildman–Crippen LogP) is 7.84. The van der Waals surface area contributed by atoms with Gasteiger partial charge in [0.05, 0.1) is 6.61 Å². The van der Waals surface area contributed by atoms with Crippen LogP contribution in [0.25, 0.3) is 11.1 Å². The van der Waals surface area contributed by atoms with Crippen LogP contribution in [0.5, 0.6) is 11.5 Å². The quantitative estimate of drug-likeness (QED) is 0.144. The third kappa shape index (κ3) is 7.91. The van der Waals surface area contributed by atoms with Gasteiger partial charge in [-0.05, 0) is 42.7 Å². The molecule has 0 bridgehead atoms. The molecular formula is C24H27F5O4. The lowest BCUT2D eigenvalue weighted by Crippen LogP contribution is -2.34. The van der Waals surface area contributed by atoms with E-state index in [2.05, 4.69) is 16.4 Å². The Balaban J connectivity index is 2.05. The Bertz CT molecular complexity index is 897. The molecule has 0 amide bonds. The van der Waals surface area contributed by atoms with Crippen molar-refractivity contribution in [3.8, 4) is 22.6 Å². The van der Waals surface area contributed by atoms with Crippen molar-refractivity contribution in [1.29, 1.82) is 0 Å². The molecule has 4 nitrogen and oxygen atoms in total. The van der Waals surface area contributed by atoms with Crippen LogP contribution in [-0.2, 0) is 4.74 Å². The summed E-state index contributed by atoms with van der Waals surface area (Å²) in [6.45, 7) is 4.15. The summed E-state index contributed by atoms with van der Waals surface area (Å²) >= 11 is 0. The summed E-state index contributed by atoms with van der Waals surface area (Å²) in [6, 6.07) is 8.46. The van der Waals surface area contributed by atoms with Gasteiger partial charge in [0.1, 0.15) is 5.75 Å². The summed E-state index contributed by atoms with van der Waals surface area (Å²) in [4.78, 5) is 11.7. The second kappa shape index (κ2) is 12.4. The van der Waals surface area contributed by atoms with Crippen LogP contribution in [0.3, 0.4) is 0 Å². The molecule has 0 N–H and O–H groups in total. The van der Waals surface area contributed by atoms with Crippen LogP contribution in [0.15, 0.2) is 36.4 Å². The van der Waals surface area contributed by atoms with E-state index in [0.717, 1.165) is 37.8 Å². The Morgan fingerprint density at radius 2 is 1.61 bits per heavy atom. The summed E-state index contributed by atoms with van der Waals surface area (Å²) in [5.74, 6) is -3.11. The minimum Gasteiger partial charge on any atom is -0.494 e. The zero-order chi connectivity index (χ0) is 24.4. The van der Waals surface area contributed by atoms with Gasteiger partial charge in [0.2, 0.25) is 11.9 Å². The van der Waals surface area contributed by atoms with E-state index < -0.39 is 42.2 Å². The highest BCUT2D eigenvalue weighted by Crippen LogP contribution is 2.32. The lowest BCUT2D eigenvalue weighted by atomic mass is 10.0. The Morgan fingerprint density at radius 1 is 0.909 bits per heavy atom. The van der Waals surface area contributed by atoms with Crippen molar-refractivity contribution >= 4 is 6.16 Å². The molecule has 0 aromatic heterocycles. The topological polar surface area (TPSA) is 44.8 Å². The largest absolute Gasteiger partial charge is 0.514 e. The summed E-state index contributed by atoms with van der Waals surface area (Å²) in [6.07, 6.45) is -5.11. The van der Waals surface area contributed by atoms with Crippen LogP contribution < -0.4 is 9.47 Å². The van der Waals surface area contributed by atoms with Crippen LogP contribution in [0.4, 0.5) is 26.7 Å². The normalized spacial score (nSPS) is 12.3. The molecule has 182 valence electrons. The highest BCUT2D eigenvalue weighted by Gasteiger charge is 2.42. The minimum absolute atomic E-state index is 0.0951. The average Bonchev–Trinajstić information content (AvgIpc) is 2.77. The first-order valence-electron chi connectivity index (χ1n) is 10.8. The van der Waals surface area contributed by atoms with Gasteiger partial charge >= 0.3 is 12.3 Å². The smallest absolute Gasteiger partial charge is 0.494 e. The van der Waals surface area contributed by atoms with E-state index in [4.69, 9.17) is 4.74 Å². The summed E-state index contributed by atoms with van der Waals surface area (Å²) in [5.41, 5.74) is 0.237. The first-order chi connectivity index (χ1) is 15.7. The van der Waals surface area contributed by atoms with E-state index in [1.807, 2.05) is 0 Å². The number of carbonyl (C=O) groups is 1. The number of ether oxygens (including phenoxy) is 3. The number of hydrogen-bond donors (Lipinski definition) is 0. The van der Waals surface area contributed by atoms with Gasteiger partial charge in [-0.3, -0.25) is 0 Å². The maximum atomic E-state index is 14.6. The molecular weight excluding hydrogens is 447 g/mol. The van der Waals surface area contributed by atoms with Crippen molar-refractivity contribution in [3.05, 3.63) is 48.0 Å². The van der Waals surface area contributed by atoms with Crippen LogP contribution in [-0.4, -0.2) is 25.0 Å². The first kappa shape index (κ1) is 26.4. The molecule has 0 aliphatic heterocycles. The molecule has 2 aromatic rings. The molecule has 0 radical (unpaired) electrons. The van der Waals surface area contributed by atoms with Crippen molar-refractivity contribution in [2.45, 2.75) is 64.7 Å². The van der Waals surface area contributed by atoms with Crippen LogP contribution in [0.2, 0.25) is 0 Å². The number of unbranched alkanes of at least 4 members (excludes halogenated alkanes) is 3. The fraction of sp³-hybridized carbons (Fsp3) is 0.458. The van der Waals surface area contributed by atoms with Gasteiger partial charge in [0.25, 0.3) is 0 Å². The van der Waals surface area contributed by atoms with E-state index in [9.17, 15) is 26.7 Å². The van der Waals surface area contributed by atoms with Gasteiger partial charge in [-0.1, -0.05) is 51.7 Å². The first-order valence-corrected chi connectivity index (χ1v) is 10.8. The Kier molecular flexibility index (Phi) is 9.94. The number of rotatable bonds is 11. The SMILES string of the molecule is CCCCCCOc1ccc(-c2ccc(OC(=O)OC(CCC)C(F)(F)F)c(F)c2F)cc1.